The number of hydrogen-bond donors (Lipinski definition) is 0. The molecule has 0 saturated heterocycles. The van der Waals surface area contributed by atoms with Gasteiger partial charge >= 0.3 is 16.3 Å². The van der Waals surface area contributed by atoms with E-state index in [1.54, 1.807) is 12.1 Å². The fourth-order valence-electron chi connectivity index (χ4n) is 3.12. The van der Waals surface area contributed by atoms with Crippen LogP contribution in [0.25, 0.3) is 0 Å². The molecule has 1 saturated carbocycles. The third-order valence-corrected chi connectivity index (χ3v) is 6.07. The first-order valence-electron chi connectivity index (χ1n) is 9.96. The second kappa shape index (κ2) is 8.90. The first-order chi connectivity index (χ1) is 14.5. The highest BCUT2D eigenvalue weighted by Gasteiger charge is 2.33. The van der Waals surface area contributed by atoms with E-state index in [0.29, 0.717) is 19.0 Å². The number of carbonyl (C=O) groups excluding carboxylic acids is 1. The van der Waals surface area contributed by atoms with Crippen molar-refractivity contribution in [2.24, 2.45) is 5.92 Å². The van der Waals surface area contributed by atoms with Crippen LogP contribution in [0.4, 0.5) is 13.2 Å². The Bertz CT molecular complexity index is 1030. The van der Waals surface area contributed by atoms with E-state index in [4.69, 9.17) is 4.18 Å². The number of alkyl halides is 3. The molecule has 3 rings (SSSR count). The van der Waals surface area contributed by atoms with Gasteiger partial charge in [0.1, 0.15) is 10.6 Å². The summed E-state index contributed by atoms with van der Waals surface area (Å²) in [5.41, 5.74) is -0.258. The van der Waals surface area contributed by atoms with Gasteiger partial charge in [0.2, 0.25) is 5.91 Å². The quantitative estimate of drug-likeness (QED) is 0.525. The molecular formula is C22H24F3NO4S. The van der Waals surface area contributed by atoms with E-state index in [1.807, 2.05) is 18.7 Å². The summed E-state index contributed by atoms with van der Waals surface area (Å²) in [5.74, 6) is 0.322. The van der Waals surface area contributed by atoms with E-state index in [1.165, 1.54) is 12.1 Å². The van der Waals surface area contributed by atoms with Crippen LogP contribution in [0, 0.1) is 5.92 Å². The maximum Gasteiger partial charge on any atom is 0.416 e. The highest BCUT2D eigenvalue weighted by Crippen LogP contribution is 2.32. The van der Waals surface area contributed by atoms with E-state index in [0.717, 1.165) is 36.6 Å². The van der Waals surface area contributed by atoms with Crippen LogP contribution in [0.1, 0.15) is 44.2 Å². The Hall–Kier alpha value is -2.55. The summed E-state index contributed by atoms with van der Waals surface area (Å²) in [7, 11) is -4.43. The van der Waals surface area contributed by atoms with Crippen LogP contribution in [-0.4, -0.2) is 25.3 Å². The molecule has 0 aliphatic heterocycles. The SMILES string of the molecule is CC(C)CC(=O)N(Cc1ccc(OS(=O)(=O)c2cccc(C(F)(F)F)c2)cc1)C1CC1. The Balaban J connectivity index is 1.71. The summed E-state index contributed by atoms with van der Waals surface area (Å²) < 4.78 is 68.3. The molecule has 1 amide bonds. The standard InChI is InChI=1S/C22H24F3NO4S/c1-15(2)12-21(27)26(18-8-9-18)14-16-6-10-19(11-7-16)30-31(28,29)20-5-3-4-17(13-20)22(23,24)25/h3-7,10-11,13,15,18H,8-9,12,14H2,1-2H3. The van der Waals surface area contributed by atoms with Gasteiger partial charge in [-0.25, -0.2) is 0 Å². The minimum Gasteiger partial charge on any atom is -0.379 e. The molecule has 5 nitrogen and oxygen atoms in total. The van der Waals surface area contributed by atoms with Crippen molar-refractivity contribution in [1.29, 1.82) is 0 Å². The van der Waals surface area contributed by atoms with Gasteiger partial charge in [-0.2, -0.15) is 21.6 Å². The molecule has 0 N–H and O–H groups in total. The minimum absolute atomic E-state index is 0.0207. The maximum absolute atomic E-state index is 12.9. The van der Waals surface area contributed by atoms with E-state index in [9.17, 15) is 26.4 Å². The van der Waals surface area contributed by atoms with Gasteiger partial charge in [0.25, 0.3) is 0 Å². The molecule has 1 aliphatic rings. The summed E-state index contributed by atoms with van der Waals surface area (Å²) in [6, 6.07) is 9.79. The van der Waals surface area contributed by atoms with Crippen molar-refractivity contribution in [1.82, 2.24) is 4.90 Å². The molecule has 0 heterocycles. The Labute approximate surface area is 179 Å². The van der Waals surface area contributed by atoms with Crippen LogP contribution in [0.15, 0.2) is 53.4 Å². The minimum atomic E-state index is -4.66. The molecule has 9 heteroatoms. The third-order valence-electron chi connectivity index (χ3n) is 4.82. The monoisotopic (exact) mass is 455 g/mol. The van der Waals surface area contributed by atoms with Gasteiger partial charge in [-0.3, -0.25) is 4.79 Å². The lowest BCUT2D eigenvalue weighted by Gasteiger charge is -2.23. The molecule has 0 atom stereocenters. The molecule has 168 valence electrons. The smallest absolute Gasteiger partial charge is 0.379 e. The maximum atomic E-state index is 12.9. The fourth-order valence-corrected chi connectivity index (χ4v) is 4.10. The first kappa shape index (κ1) is 23.1. The average molecular weight is 455 g/mol. The lowest BCUT2D eigenvalue weighted by atomic mass is 10.1. The molecule has 0 radical (unpaired) electrons. The van der Waals surface area contributed by atoms with Crippen molar-refractivity contribution in [3.8, 4) is 5.75 Å². The largest absolute Gasteiger partial charge is 0.416 e. The van der Waals surface area contributed by atoms with Crippen molar-refractivity contribution in [3.63, 3.8) is 0 Å². The number of hydrogen-bond acceptors (Lipinski definition) is 4. The molecule has 31 heavy (non-hydrogen) atoms. The Morgan fingerprint density at radius 2 is 1.77 bits per heavy atom. The highest BCUT2D eigenvalue weighted by molar-refractivity contribution is 7.87. The Kier molecular flexibility index (Phi) is 6.64. The van der Waals surface area contributed by atoms with E-state index in [2.05, 4.69) is 0 Å². The summed E-state index contributed by atoms with van der Waals surface area (Å²) >= 11 is 0. The van der Waals surface area contributed by atoms with Crippen LogP contribution in [0.5, 0.6) is 5.75 Å². The predicted molar refractivity (Wildman–Crippen MR) is 109 cm³/mol. The summed E-state index contributed by atoms with van der Waals surface area (Å²) in [6.07, 6.45) is -2.25. The van der Waals surface area contributed by atoms with Crippen molar-refractivity contribution >= 4 is 16.0 Å². The van der Waals surface area contributed by atoms with Crippen LogP contribution in [0.3, 0.4) is 0 Å². The lowest BCUT2D eigenvalue weighted by Crippen LogP contribution is -2.33. The Morgan fingerprint density at radius 1 is 1.13 bits per heavy atom. The number of carbonyl (C=O) groups is 1. The lowest BCUT2D eigenvalue weighted by molar-refractivity contribution is -0.137. The molecule has 0 spiro atoms. The van der Waals surface area contributed by atoms with Gasteiger partial charge in [-0.15, -0.1) is 0 Å². The second-order valence-electron chi connectivity index (χ2n) is 8.06. The summed E-state index contributed by atoms with van der Waals surface area (Å²) in [4.78, 5) is 13.8. The normalized spacial score (nSPS) is 14.5. The van der Waals surface area contributed by atoms with Crippen LogP contribution in [0.2, 0.25) is 0 Å². The van der Waals surface area contributed by atoms with Gasteiger partial charge < -0.3 is 9.08 Å². The van der Waals surface area contributed by atoms with E-state index < -0.39 is 26.8 Å². The second-order valence-corrected chi connectivity index (χ2v) is 9.60. The molecular weight excluding hydrogens is 431 g/mol. The van der Waals surface area contributed by atoms with Crippen LogP contribution in [-0.2, 0) is 27.6 Å². The number of halogens is 3. The zero-order chi connectivity index (χ0) is 22.8. The van der Waals surface area contributed by atoms with Gasteiger partial charge in [0.15, 0.2) is 0 Å². The summed E-state index contributed by atoms with van der Waals surface area (Å²) in [6.45, 7) is 4.39. The molecule has 0 aromatic heterocycles. The fraction of sp³-hybridized carbons (Fsp3) is 0.409. The molecule has 2 aromatic rings. The van der Waals surface area contributed by atoms with E-state index >= 15 is 0 Å². The first-order valence-corrected chi connectivity index (χ1v) is 11.4. The number of benzene rings is 2. The summed E-state index contributed by atoms with van der Waals surface area (Å²) in [5, 5.41) is 0. The van der Waals surface area contributed by atoms with Crippen LogP contribution < -0.4 is 4.18 Å². The number of rotatable bonds is 8. The zero-order valence-electron chi connectivity index (χ0n) is 17.2. The Morgan fingerprint density at radius 3 is 2.32 bits per heavy atom. The average Bonchev–Trinajstić information content (AvgIpc) is 3.51. The van der Waals surface area contributed by atoms with Gasteiger partial charge in [0, 0.05) is 19.0 Å². The predicted octanol–water partition coefficient (Wildman–Crippen LogP) is 5.01. The molecule has 0 unspecified atom stereocenters. The number of nitrogens with zero attached hydrogens (tertiary/aromatic N) is 1. The van der Waals surface area contributed by atoms with Crippen molar-refractivity contribution in [3.05, 3.63) is 59.7 Å². The zero-order valence-corrected chi connectivity index (χ0v) is 18.0. The van der Waals surface area contributed by atoms with Gasteiger partial charge in [-0.1, -0.05) is 32.0 Å². The van der Waals surface area contributed by atoms with Gasteiger partial charge in [-0.05, 0) is 54.7 Å². The van der Waals surface area contributed by atoms with Crippen molar-refractivity contribution in [2.45, 2.75) is 56.8 Å². The van der Waals surface area contributed by atoms with E-state index in [-0.39, 0.29) is 23.6 Å². The molecule has 0 bridgehead atoms. The molecule has 1 aliphatic carbocycles. The van der Waals surface area contributed by atoms with Crippen LogP contribution >= 0.6 is 0 Å². The topological polar surface area (TPSA) is 63.7 Å². The number of amides is 1. The third kappa shape index (κ3) is 6.22. The molecule has 1 fully saturated rings. The van der Waals surface area contributed by atoms with Crippen molar-refractivity contribution < 1.29 is 30.6 Å². The van der Waals surface area contributed by atoms with Gasteiger partial charge in [0.05, 0.1) is 5.56 Å². The highest BCUT2D eigenvalue weighted by atomic mass is 32.2. The molecule has 2 aromatic carbocycles. The van der Waals surface area contributed by atoms with Crippen molar-refractivity contribution in [2.75, 3.05) is 0 Å².